The number of aromatic nitrogens is 5. The van der Waals surface area contributed by atoms with E-state index in [-0.39, 0.29) is 23.5 Å². The highest BCUT2D eigenvalue weighted by molar-refractivity contribution is 6.31. The van der Waals surface area contributed by atoms with Gasteiger partial charge in [-0.3, -0.25) is 14.2 Å². The third-order valence-corrected chi connectivity index (χ3v) is 5.68. The van der Waals surface area contributed by atoms with E-state index in [4.69, 9.17) is 11.6 Å². The zero-order valence-corrected chi connectivity index (χ0v) is 16.6. The number of rotatable bonds is 3. The summed E-state index contributed by atoms with van der Waals surface area (Å²) in [5.41, 5.74) is 1.69. The minimum atomic E-state index is -0.381. The molecular weight excluding hydrogens is 380 g/mol. The molecule has 8 nitrogen and oxygen atoms in total. The molecule has 28 heavy (non-hydrogen) atoms. The summed E-state index contributed by atoms with van der Waals surface area (Å²) < 4.78 is 2.77. The fourth-order valence-electron chi connectivity index (χ4n) is 3.35. The first kappa shape index (κ1) is 18.6. The maximum Gasteiger partial charge on any atom is 0.284 e. The van der Waals surface area contributed by atoms with Crippen molar-refractivity contribution in [3.8, 4) is 5.69 Å². The van der Waals surface area contributed by atoms with E-state index in [0.29, 0.717) is 22.3 Å². The monoisotopic (exact) mass is 400 g/mol. The Hall–Kier alpha value is -2.74. The third-order valence-electron chi connectivity index (χ3n) is 5.27. The molecule has 1 aromatic carbocycles. The first-order valence-corrected chi connectivity index (χ1v) is 9.67. The molecule has 9 heteroatoms. The van der Waals surface area contributed by atoms with Crippen molar-refractivity contribution in [1.29, 1.82) is 0 Å². The standard InChI is InChI=1S/C19H21ClN6O2/c1-12-5-7-24(8-6-12)16(27)10-25-11-21-18-17(19(25)28)22-23-26(18)14-4-3-13(2)15(20)9-14/h3-4,9,11-12H,5-8,10H2,1-2H3. The van der Waals surface area contributed by atoms with Crippen LogP contribution in [-0.4, -0.2) is 48.4 Å². The summed E-state index contributed by atoms with van der Waals surface area (Å²) >= 11 is 6.19. The van der Waals surface area contributed by atoms with Crippen molar-refractivity contribution in [1.82, 2.24) is 29.4 Å². The number of aryl methyl sites for hydroxylation is 1. The molecule has 0 bridgehead atoms. The van der Waals surface area contributed by atoms with E-state index in [2.05, 4.69) is 22.2 Å². The Morgan fingerprint density at radius 3 is 2.75 bits per heavy atom. The van der Waals surface area contributed by atoms with Crippen molar-refractivity contribution in [3.63, 3.8) is 0 Å². The molecule has 1 fully saturated rings. The van der Waals surface area contributed by atoms with Crippen molar-refractivity contribution in [3.05, 3.63) is 45.5 Å². The fourth-order valence-corrected chi connectivity index (χ4v) is 3.52. The number of halogens is 1. The topological polar surface area (TPSA) is 85.9 Å². The quantitative estimate of drug-likeness (QED) is 0.672. The number of carbonyl (C=O) groups excluding carboxylic acids is 1. The maximum atomic E-state index is 12.8. The molecule has 0 spiro atoms. The number of amides is 1. The van der Waals surface area contributed by atoms with Crippen LogP contribution in [0.15, 0.2) is 29.3 Å². The molecule has 146 valence electrons. The average Bonchev–Trinajstić information content (AvgIpc) is 3.11. The number of hydrogen-bond donors (Lipinski definition) is 0. The lowest BCUT2D eigenvalue weighted by Crippen LogP contribution is -2.41. The van der Waals surface area contributed by atoms with Crippen LogP contribution in [0, 0.1) is 12.8 Å². The molecule has 0 atom stereocenters. The van der Waals surface area contributed by atoms with Gasteiger partial charge in [0.25, 0.3) is 5.56 Å². The number of carbonyl (C=O) groups is 1. The molecule has 0 unspecified atom stereocenters. The summed E-state index contributed by atoms with van der Waals surface area (Å²) in [4.78, 5) is 31.5. The summed E-state index contributed by atoms with van der Waals surface area (Å²) in [5.74, 6) is 0.558. The molecule has 1 amide bonds. The normalized spacial score (nSPS) is 15.3. The predicted molar refractivity (Wildman–Crippen MR) is 106 cm³/mol. The molecule has 3 aromatic rings. The summed E-state index contributed by atoms with van der Waals surface area (Å²) in [5, 5.41) is 8.63. The molecule has 1 aliphatic heterocycles. The Balaban J connectivity index is 1.62. The van der Waals surface area contributed by atoms with Gasteiger partial charge in [0.1, 0.15) is 12.9 Å². The number of fused-ring (bicyclic) bond motifs is 1. The highest BCUT2D eigenvalue weighted by Crippen LogP contribution is 2.20. The Morgan fingerprint density at radius 1 is 1.29 bits per heavy atom. The lowest BCUT2D eigenvalue weighted by molar-refractivity contribution is -0.133. The van der Waals surface area contributed by atoms with Crippen LogP contribution >= 0.6 is 11.6 Å². The van der Waals surface area contributed by atoms with E-state index in [1.54, 1.807) is 6.07 Å². The second-order valence-corrected chi connectivity index (χ2v) is 7.76. The second kappa shape index (κ2) is 7.35. The lowest BCUT2D eigenvalue weighted by Gasteiger charge is -2.30. The number of nitrogens with zero attached hydrogens (tertiary/aromatic N) is 6. The summed E-state index contributed by atoms with van der Waals surface area (Å²) in [6, 6.07) is 5.45. The highest BCUT2D eigenvalue weighted by Gasteiger charge is 2.22. The third kappa shape index (κ3) is 3.40. The van der Waals surface area contributed by atoms with Crippen LogP contribution < -0.4 is 5.56 Å². The lowest BCUT2D eigenvalue weighted by atomic mass is 9.99. The van der Waals surface area contributed by atoms with Crippen LogP contribution in [0.25, 0.3) is 16.9 Å². The molecule has 0 N–H and O–H groups in total. The van der Waals surface area contributed by atoms with Crippen LogP contribution in [-0.2, 0) is 11.3 Å². The molecule has 2 aromatic heterocycles. The average molecular weight is 401 g/mol. The van der Waals surface area contributed by atoms with E-state index in [9.17, 15) is 9.59 Å². The summed E-state index contributed by atoms with van der Waals surface area (Å²) in [6.07, 6.45) is 3.36. The van der Waals surface area contributed by atoms with Crippen molar-refractivity contribution < 1.29 is 4.79 Å². The Bertz CT molecular complexity index is 1100. The van der Waals surface area contributed by atoms with E-state index in [0.717, 1.165) is 31.5 Å². The number of benzene rings is 1. The molecule has 4 rings (SSSR count). The fraction of sp³-hybridized carbons (Fsp3) is 0.421. The minimum Gasteiger partial charge on any atom is -0.341 e. The number of likely N-dealkylation sites (tertiary alicyclic amines) is 1. The summed E-state index contributed by atoms with van der Waals surface area (Å²) in [6.45, 7) is 5.51. The zero-order valence-electron chi connectivity index (χ0n) is 15.8. The van der Waals surface area contributed by atoms with E-state index < -0.39 is 0 Å². The largest absolute Gasteiger partial charge is 0.341 e. The molecule has 1 aliphatic rings. The predicted octanol–water partition coefficient (Wildman–Crippen LogP) is 2.20. The van der Waals surface area contributed by atoms with Crippen molar-refractivity contribution in [2.24, 2.45) is 5.92 Å². The van der Waals surface area contributed by atoms with E-state index in [1.807, 2.05) is 24.0 Å². The number of hydrogen-bond acceptors (Lipinski definition) is 5. The van der Waals surface area contributed by atoms with E-state index in [1.165, 1.54) is 15.6 Å². The van der Waals surface area contributed by atoms with Crippen LogP contribution in [0.3, 0.4) is 0 Å². The van der Waals surface area contributed by atoms with Gasteiger partial charge in [0.05, 0.1) is 5.69 Å². The first-order chi connectivity index (χ1) is 13.4. The molecule has 3 heterocycles. The van der Waals surface area contributed by atoms with Crippen molar-refractivity contribution in [2.75, 3.05) is 13.1 Å². The molecule has 0 aliphatic carbocycles. The van der Waals surface area contributed by atoms with Gasteiger partial charge in [0, 0.05) is 18.1 Å². The SMILES string of the molecule is Cc1ccc(-n2nnc3c(=O)n(CC(=O)N4CCC(C)CC4)cnc32)cc1Cl. The molecule has 0 radical (unpaired) electrons. The van der Waals surface area contributed by atoms with Gasteiger partial charge >= 0.3 is 0 Å². The van der Waals surface area contributed by atoms with Crippen molar-refractivity contribution >= 4 is 28.7 Å². The van der Waals surface area contributed by atoms with Gasteiger partial charge in [0.15, 0.2) is 11.2 Å². The minimum absolute atomic E-state index is 0.0423. The summed E-state index contributed by atoms with van der Waals surface area (Å²) in [7, 11) is 0. The molecule has 0 saturated carbocycles. The van der Waals surface area contributed by atoms with Crippen LogP contribution in [0.5, 0.6) is 0 Å². The Kier molecular flexibility index (Phi) is 4.89. The van der Waals surface area contributed by atoms with Gasteiger partial charge in [-0.2, -0.15) is 4.68 Å². The van der Waals surface area contributed by atoms with Crippen LogP contribution in [0.1, 0.15) is 25.3 Å². The van der Waals surface area contributed by atoms with Gasteiger partial charge in [-0.05, 0) is 43.4 Å². The highest BCUT2D eigenvalue weighted by atomic mass is 35.5. The van der Waals surface area contributed by atoms with Gasteiger partial charge in [-0.15, -0.1) is 5.10 Å². The zero-order chi connectivity index (χ0) is 19.8. The van der Waals surface area contributed by atoms with Crippen molar-refractivity contribution in [2.45, 2.75) is 33.2 Å². The first-order valence-electron chi connectivity index (χ1n) is 9.29. The second-order valence-electron chi connectivity index (χ2n) is 7.35. The number of piperidine rings is 1. The Labute approximate surface area is 166 Å². The van der Waals surface area contributed by atoms with Crippen LogP contribution in [0.2, 0.25) is 5.02 Å². The van der Waals surface area contributed by atoms with Gasteiger partial charge < -0.3 is 4.90 Å². The van der Waals surface area contributed by atoms with Gasteiger partial charge in [-0.25, -0.2) is 4.98 Å². The van der Waals surface area contributed by atoms with Gasteiger partial charge in [0.2, 0.25) is 5.91 Å². The van der Waals surface area contributed by atoms with Gasteiger partial charge in [-0.1, -0.05) is 29.8 Å². The molecule has 1 saturated heterocycles. The van der Waals surface area contributed by atoms with Crippen LogP contribution in [0.4, 0.5) is 0 Å². The van der Waals surface area contributed by atoms with E-state index >= 15 is 0 Å². The smallest absolute Gasteiger partial charge is 0.284 e. The maximum absolute atomic E-state index is 12.8. The molecular formula is C19H21ClN6O2. The Morgan fingerprint density at radius 2 is 2.04 bits per heavy atom.